The number of rotatable bonds is 3. The van der Waals surface area contributed by atoms with Gasteiger partial charge < -0.3 is 9.84 Å². The zero-order valence-electron chi connectivity index (χ0n) is 9.38. The molecular weight excluding hydrogens is 176 g/mol. The standard InChI is InChI=1S/C12H22O2/c1-11(2)4-3-5-12(8-11,9-13)6-10-7-14-10/h10,13H,3-9H2,1-2H3. The molecule has 2 atom stereocenters. The molecule has 0 spiro atoms. The average molecular weight is 198 g/mol. The molecule has 2 fully saturated rings. The van der Waals surface area contributed by atoms with Crippen molar-refractivity contribution in [2.75, 3.05) is 13.2 Å². The number of hydrogen-bond donors (Lipinski definition) is 1. The van der Waals surface area contributed by atoms with Crippen LogP contribution in [0.15, 0.2) is 0 Å². The fraction of sp³-hybridized carbons (Fsp3) is 1.00. The summed E-state index contributed by atoms with van der Waals surface area (Å²) < 4.78 is 5.30. The van der Waals surface area contributed by atoms with E-state index in [4.69, 9.17) is 4.74 Å². The number of hydrogen-bond acceptors (Lipinski definition) is 2. The number of aliphatic hydroxyl groups is 1. The maximum Gasteiger partial charge on any atom is 0.0816 e. The van der Waals surface area contributed by atoms with Gasteiger partial charge in [0.15, 0.2) is 0 Å². The molecule has 0 aromatic rings. The van der Waals surface area contributed by atoms with Gasteiger partial charge in [-0.25, -0.2) is 0 Å². The molecule has 14 heavy (non-hydrogen) atoms. The van der Waals surface area contributed by atoms with Crippen LogP contribution in [0.4, 0.5) is 0 Å². The minimum absolute atomic E-state index is 0.170. The highest BCUT2D eigenvalue weighted by atomic mass is 16.6. The lowest BCUT2D eigenvalue weighted by Crippen LogP contribution is -2.37. The first kappa shape index (κ1) is 10.4. The molecule has 1 N–H and O–H groups in total. The monoisotopic (exact) mass is 198 g/mol. The first-order valence-corrected chi connectivity index (χ1v) is 5.78. The third-order valence-electron chi connectivity index (χ3n) is 3.81. The lowest BCUT2D eigenvalue weighted by molar-refractivity contribution is 0.0130. The minimum atomic E-state index is 0.170. The lowest BCUT2D eigenvalue weighted by Gasteiger charge is -2.44. The largest absolute Gasteiger partial charge is 0.396 e. The molecule has 0 aromatic heterocycles. The molecule has 0 radical (unpaired) electrons. The molecule has 0 amide bonds. The van der Waals surface area contributed by atoms with Gasteiger partial charge in [0.2, 0.25) is 0 Å². The number of epoxide rings is 1. The van der Waals surface area contributed by atoms with Crippen LogP contribution in [0, 0.1) is 10.8 Å². The predicted molar refractivity (Wildman–Crippen MR) is 56.1 cm³/mol. The molecule has 1 heterocycles. The van der Waals surface area contributed by atoms with E-state index in [9.17, 15) is 5.11 Å². The maximum atomic E-state index is 9.59. The van der Waals surface area contributed by atoms with Gasteiger partial charge in [0.1, 0.15) is 0 Å². The van der Waals surface area contributed by atoms with Crippen LogP contribution < -0.4 is 0 Å². The molecule has 0 bridgehead atoms. The Hall–Kier alpha value is -0.0800. The van der Waals surface area contributed by atoms with E-state index in [1.54, 1.807) is 0 Å². The molecule has 2 nitrogen and oxygen atoms in total. The molecule has 82 valence electrons. The van der Waals surface area contributed by atoms with Crippen LogP contribution in [0.1, 0.15) is 46.0 Å². The quantitative estimate of drug-likeness (QED) is 0.706. The van der Waals surface area contributed by atoms with Crippen molar-refractivity contribution < 1.29 is 9.84 Å². The number of ether oxygens (including phenoxy) is 1. The summed E-state index contributed by atoms with van der Waals surface area (Å²) in [5, 5.41) is 9.59. The van der Waals surface area contributed by atoms with Gasteiger partial charge in [0, 0.05) is 6.61 Å². The van der Waals surface area contributed by atoms with E-state index < -0.39 is 0 Å². The molecular formula is C12H22O2. The van der Waals surface area contributed by atoms with Crippen molar-refractivity contribution in [3.63, 3.8) is 0 Å². The van der Waals surface area contributed by atoms with Crippen LogP contribution in [0.25, 0.3) is 0 Å². The van der Waals surface area contributed by atoms with Crippen molar-refractivity contribution in [1.82, 2.24) is 0 Å². The van der Waals surface area contributed by atoms with E-state index in [1.807, 2.05) is 0 Å². The lowest BCUT2D eigenvalue weighted by atomic mass is 9.62. The van der Waals surface area contributed by atoms with Gasteiger partial charge in [0.25, 0.3) is 0 Å². The summed E-state index contributed by atoms with van der Waals surface area (Å²) in [7, 11) is 0. The third kappa shape index (κ3) is 2.29. The summed E-state index contributed by atoms with van der Waals surface area (Å²) in [5.74, 6) is 0. The molecule has 0 aromatic carbocycles. The van der Waals surface area contributed by atoms with Gasteiger partial charge in [0.05, 0.1) is 12.7 Å². The Kier molecular flexibility index (Phi) is 2.61. The molecule has 2 unspecified atom stereocenters. The van der Waals surface area contributed by atoms with E-state index >= 15 is 0 Å². The topological polar surface area (TPSA) is 32.8 Å². The van der Waals surface area contributed by atoms with E-state index in [2.05, 4.69) is 13.8 Å². The highest BCUT2D eigenvalue weighted by Gasteiger charge is 2.43. The minimum Gasteiger partial charge on any atom is -0.396 e. The first-order valence-electron chi connectivity index (χ1n) is 5.78. The molecule has 2 heteroatoms. The second-order valence-electron chi connectivity index (χ2n) is 6.01. The molecule has 1 saturated carbocycles. The van der Waals surface area contributed by atoms with Gasteiger partial charge in [-0.2, -0.15) is 0 Å². The molecule has 1 aliphatic carbocycles. The van der Waals surface area contributed by atoms with Gasteiger partial charge >= 0.3 is 0 Å². The molecule has 1 aliphatic heterocycles. The summed E-state index contributed by atoms with van der Waals surface area (Å²) in [6, 6.07) is 0. The van der Waals surface area contributed by atoms with Gasteiger partial charge in [-0.3, -0.25) is 0 Å². The SMILES string of the molecule is CC1(C)CCCC(CO)(CC2CO2)C1. The van der Waals surface area contributed by atoms with Crippen molar-refractivity contribution in [1.29, 1.82) is 0 Å². The van der Waals surface area contributed by atoms with Crippen LogP contribution >= 0.6 is 0 Å². The average Bonchev–Trinajstić information content (AvgIpc) is 2.86. The maximum absolute atomic E-state index is 9.59. The summed E-state index contributed by atoms with van der Waals surface area (Å²) in [6.45, 7) is 5.91. The zero-order chi connectivity index (χ0) is 10.2. The van der Waals surface area contributed by atoms with Crippen molar-refractivity contribution in [3.05, 3.63) is 0 Å². The van der Waals surface area contributed by atoms with Crippen LogP contribution in [0.2, 0.25) is 0 Å². The summed E-state index contributed by atoms with van der Waals surface area (Å²) in [4.78, 5) is 0. The van der Waals surface area contributed by atoms with Crippen molar-refractivity contribution >= 4 is 0 Å². The fourth-order valence-electron chi connectivity index (χ4n) is 3.18. The second-order valence-corrected chi connectivity index (χ2v) is 6.01. The van der Waals surface area contributed by atoms with Gasteiger partial charge in [-0.1, -0.05) is 20.3 Å². The fourth-order valence-corrected chi connectivity index (χ4v) is 3.18. The summed E-state index contributed by atoms with van der Waals surface area (Å²) >= 11 is 0. The summed E-state index contributed by atoms with van der Waals surface area (Å²) in [5.41, 5.74) is 0.582. The Bertz CT molecular complexity index is 208. The normalized spacial score (nSPS) is 40.9. The van der Waals surface area contributed by atoms with Crippen molar-refractivity contribution in [2.24, 2.45) is 10.8 Å². The smallest absolute Gasteiger partial charge is 0.0816 e. The first-order chi connectivity index (χ1) is 6.55. The van der Waals surface area contributed by atoms with E-state index in [0.29, 0.717) is 18.1 Å². The molecule has 1 saturated heterocycles. The molecule has 2 rings (SSSR count). The number of aliphatic hydroxyl groups excluding tert-OH is 1. The van der Waals surface area contributed by atoms with Gasteiger partial charge in [-0.15, -0.1) is 0 Å². The van der Waals surface area contributed by atoms with Crippen LogP contribution in [-0.2, 0) is 4.74 Å². The Morgan fingerprint density at radius 3 is 2.57 bits per heavy atom. The highest BCUT2D eigenvalue weighted by molar-refractivity contribution is 4.93. The van der Waals surface area contributed by atoms with E-state index in [-0.39, 0.29) is 5.41 Å². The summed E-state index contributed by atoms with van der Waals surface area (Å²) in [6.07, 6.45) is 6.45. The van der Waals surface area contributed by atoms with Crippen molar-refractivity contribution in [3.8, 4) is 0 Å². The van der Waals surface area contributed by atoms with Crippen LogP contribution in [0.5, 0.6) is 0 Å². The van der Waals surface area contributed by atoms with Crippen LogP contribution in [-0.4, -0.2) is 24.4 Å². The Morgan fingerprint density at radius 1 is 1.36 bits per heavy atom. The Balaban J connectivity index is 2.01. The zero-order valence-corrected chi connectivity index (χ0v) is 9.38. The van der Waals surface area contributed by atoms with Crippen LogP contribution in [0.3, 0.4) is 0 Å². The molecule has 2 aliphatic rings. The van der Waals surface area contributed by atoms with Gasteiger partial charge in [-0.05, 0) is 36.5 Å². The predicted octanol–water partition coefficient (Wildman–Crippen LogP) is 2.35. The highest BCUT2D eigenvalue weighted by Crippen LogP contribution is 2.49. The third-order valence-corrected chi connectivity index (χ3v) is 3.81. The van der Waals surface area contributed by atoms with E-state index in [0.717, 1.165) is 19.4 Å². The second kappa shape index (κ2) is 3.49. The van der Waals surface area contributed by atoms with E-state index in [1.165, 1.54) is 19.3 Å². The van der Waals surface area contributed by atoms with Crippen molar-refractivity contribution in [2.45, 2.75) is 52.1 Å². The Morgan fingerprint density at radius 2 is 2.07 bits per heavy atom. The Labute approximate surface area is 86.6 Å².